The summed E-state index contributed by atoms with van der Waals surface area (Å²) < 4.78 is 0. The summed E-state index contributed by atoms with van der Waals surface area (Å²) in [4.78, 5) is 27.8. The van der Waals surface area contributed by atoms with Crippen molar-refractivity contribution in [2.24, 2.45) is 0 Å². The van der Waals surface area contributed by atoms with Gasteiger partial charge in [0.15, 0.2) is 0 Å². The number of nitrogens with zero attached hydrogens (tertiary/aromatic N) is 3. The van der Waals surface area contributed by atoms with Crippen LogP contribution in [0.25, 0.3) is 0 Å². The van der Waals surface area contributed by atoms with Gasteiger partial charge >= 0.3 is 11.4 Å². The van der Waals surface area contributed by atoms with E-state index in [1.165, 1.54) is 0 Å². The van der Waals surface area contributed by atoms with Crippen LogP contribution < -0.4 is 0 Å². The Kier molecular flexibility index (Phi) is 4.87. The third-order valence-electron chi connectivity index (χ3n) is 1.66. The maximum Gasteiger partial charge on any atom is 0.324 e. The van der Waals surface area contributed by atoms with Gasteiger partial charge in [-0.1, -0.05) is 0 Å². The van der Waals surface area contributed by atoms with Gasteiger partial charge < -0.3 is 5.11 Å². The SMILES string of the molecule is O=[N+]([O-])c1cc([N+](=O)[O-])c(O)c([N+](=O)[O-])c1.[Pb]. The zero-order valence-corrected chi connectivity index (χ0v) is 11.8. The molecule has 0 aliphatic heterocycles. The first-order chi connectivity index (χ1) is 7.34. The third-order valence-corrected chi connectivity index (χ3v) is 1.66. The normalized spacial score (nSPS) is 9.18. The summed E-state index contributed by atoms with van der Waals surface area (Å²) >= 11 is 0. The molecule has 1 N–H and O–H groups in total. The van der Waals surface area contributed by atoms with E-state index in [9.17, 15) is 30.3 Å². The van der Waals surface area contributed by atoms with Crippen LogP contribution in [0.15, 0.2) is 12.1 Å². The van der Waals surface area contributed by atoms with E-state index < -0.39 is 37.6 Å². The van der Waals surface area contributed by atoms with Crippen molar-refractivity contribution in [1.29, 1.82) is 0 Å². The zero-order valence-electron chi connectivity index (χ0n) is 7.89. The van der Waals surface area contributed by atoms with Gasteiger partial charge in [-0.3, -0.25) is 30.3 Å². The van der Waals surface area contributed by atoms with Crippen LogP contribution in [0.2, 0.25) is 0 Å². The minimum atomic E-state index is -1.21. The zero-order chi connectivity index (χ0) is 12.5. The first-order valence-corrected chi connectivity index (χ1v) is 3.64. The molecule has 0 aliphatic carbocycles. The molecule has 0 fully saturated rings. The van der Waals surface area contributed by atoms with Crippen LogP contribution in [-0.2, 0) is 0 Å². The molecule has 0 amide bonds. The van der Waals surface area contributed by atoms with Crippen molar-refractivity contribution in [1.82, 2.24) is 0 Å². The quantitative estimate of drug-likeness (QED) is 0.417. The number of non-ortho nitro benzene ring substituents is 1. The van der Waals surface area contributed by atoms with Crippen LogP contribution in [0.5, 0.6) is 5.75 Å². The number of phenolic OH excluding ortho intramolecular Hbond substituents is 1. The molecule has 11 heteroatoms. The fraction of sp³-hybridized carbons (Fsp3) is 0. The van der Waals surface area contributed by atoms with Crippen LogP contribution in [0.1, 0.15) is 0 Å². The predicted molar refractivity (Wildman–Crippen MR) is 53.8 cm³/mol. The molecule has 4 radical (unpaired) electrons. The molecule has 0 spiro atoms. The Morgan fingerprint density at radius 2 is 1.24 bits per heavy atom. The molecule has 0 atom stereocenters. The molecule has 0 saturated heterocycles. The summed E-state index contributed by atoms with van der Waals surface area (Å²) in [6.45, 7) is 0. The summed E-state index contributed by atoms with van der Waals surface area (Å²) in [6.07, 6.45) is 0. The van der Waals surface area contributed by atoms with Crippen LogP contribution >= 0.6 is 0 Å². The summed E-state index contributed by atoms with van der Waals surface area (Å²) in [5.74, 6) is -1.21. The van der Waals surface area contributed by atoms with E-state index in [0.717, 1.165) is 0 Å². The molecule has 0 unspecified atom stereocenters. The van der Waals surface area contributed by atoms with Gasteiger partial charge in [-0.2, -0.15) is 0 Å². The van der Waals surface area contributed by atoms with Gasteiger partial charge in [0.2, 0.25) is 0 Å². The van der Waals surface area contributed by atoms with Gasteiger partial charge in [-0.25, -0.2) is 0 Å². The molecule has 1 rings (SSSR count). The second kappa shape index (κ2) is 5.46. The van der Waals surface area contributed by atoms with Crippen molar-refractivity contribution < 1.29 is 19.9 Å². The van der Waals surface area contributed by atoms with E-state index in [0.29, 0.717) is 12.1 Å². The van der Waals surface area contributed by atoms with E-state index in [-0.39, 0.29) is 27.3 Å². The predicted octanol–water partition coefficient (Wildman–Crippen LogP) is 0.736. The Morgan fingerprint density at radius 3 is 1.47 bits per heavy atom. The second-order valence-corrected chi connectivity index (χ2v) is 2.60. The number of hydrogen-bond donors (Lipinski definition) is 1. The maximum absolute atomic E-state index is 10.4. The molecule has 10 nitrogen and oxygen atoms in total. The van der Waals surface area contributed by atoms with Crippen molar-refractivity contribution in [3.05, 3.63) is 42.5 Å². The van der Waals surface area contributed by atoms with E-state index in [1.807, 2.05) is 0 Å². The summed E-state index contributed by atoms with van der Waals surface area (Å²) in [7, 11) is 0. The molecule has 1 aromatic rings. The Hall–Kier alpha value is -1.86. The van der Waals surface area contributed by atoms with E-state index in [2.05, 4.69) is 0 Å². The van der Waals surface area contributed by atoms with Crippen LogP contribution in [0.3, 0.4) is 0 Å². The van der Waals surface area contributed by atoms with Crippen molar-refractivity contribution in [3.8, 4) is 5.75 Å². The molecule has 17 heavy (non-hydrogen) atoms. The van der Waals surface area contributed by atoms with Crippen molar-refractivity contribution in [3.63, 3.8) is 0 Å². The number of aromatic hydroxyl groups is 1. The molecule has 88 valence electrons. The van der Waals surface area contributed by atoms with Crippen LogP contribution in [0, 0.1) is 30.3 Å². The first-order valence-electron chi connectivity index (χ1n) is 3.64. The number of benzene rings is 1. The Balaban J connectivity index is 0.00000256. The number of hydrogen-bond acceptors (Lipinski definition) is 7. The van der Waals surface area contributed by atoms with Crippen LogP contribution in [-0.4, -0.2) is 47.2 Å². The Labute approximate surface area is 112 Å². The van der Waals surface area contributed by atoms with Gasteiger partial charge in [-0.15, -0.1) is 0 Å². The smallest absolute Gasteiger partial charge is 0.324 e. The fourth-order valence-electron chi connectivity index (χ4n) is 0.974. The van der Waals surface area contributed by atoms with E-state index in [4.69, 9.17) is 5.11 Å². The summed E-state index contributed by atoms with van der Waals surface area (Å²) in [6, 6.07) is 0.894. The molecule has 0 bridgehead atoms. The van der Waals surface area contributed by atoms with E-state index in [1.54, 1.807) is 0 Å². The molecule has 0 aromatic heterocycles. The Bertz CT molecular complexity index is 467. The number of phenols is 1. The first kappa shape index (κ1) is 15.1. The average Bonchev–Trinajstić information content (AvgIpc) is 2.16. The molecular formula is C6H3N3O7Pb. The number of rotatable bonds is 3. The third kappa shape index (κ3) is 3.05. The minimum Gasteiger partial charge on any atom is -0.497 e. The van der Waals surface area contributed by atoms with Gasteiger partial charge in [0, 0.05) is 27.3 Å². The van der Waals surface area contributed by atoms with Crippen molar-refractivity contribution >= 4 is 44.4 Å². The second-order valence-electron chi connectivity index (χ2n) is 2.60. The molecule has 0 saturated carbocycles. The molecular weight excluding hydrogens is 433 g/mol. The summed E-state index contributed by atoms with van der Waals surface area (Å²) in [5, 5.41) is 40.2. The van der Waals surface area contributed by atoms with Gasteiger partial charge in [0.25, 0.3) is 11.4 Å². The molecule has 0 heterocycles. The molecule has 1 aromatic carbocycles. The number of nitro benzene ring substituents is 3. The Morgan fingerprint density at radius 1 is 0.882 bits per heavy atom. The van der Waals surface area contributed by atoms with Gasteiger partial charge in [-0.05, 0) is 0 Å². The fourth-order valence-corrected chi connectivity index (χ4v) is 0.974. The minimum absolute atomic E-state index is 0. The molecule has 0 aliphatic rings. The van der Waals surface area contributed by atoms with Crippen LogP contribution in [0.4, 0.5) is 17.1 Å². The van der Waals surface area contributed by atoms with Gasteiger partial charge in [0.1, 0.15) is 0 Å². The van der Waals surface area contributed by atoms with Gasteiger partial charge in [0.05, 0.1) is 26.9 Å². The van der Waals surface area contributed by atoms with Crippen molar-refractivity contribution in [2.75, 3.05) is 0 Å². The monoisotopic (exact) mass is 437 g/mol. The van der Waals surface area contributed by atoms with Crippen molar-refractivity contribution in [2.45, 2.75) is 0 Å². The average molecular weight is 436 g/mol. The maximum atomic E-state index is 10.4. The van der Waals surface area contributed by atoms with E-state index >= 15 is 0 Å². The standard InChI is InChI=1S/C6H3N3O7.Pb/c10-6-4(8(13)14)1-3(7(11)12)2-5(6)9(15)16;/h1-2,10H;. The number of nitro groups is 3. The largest absolute Gasteiger partial charge is 0.497 e. The topological polar surface area (TPSA) is 150 Å². The summed E-state index contributed by atoms with van der Waals surface area (Å²) in [5.41, 5.74) is -3.00.